The van der Waals surface area contributed by atoms with Crippen molar-refractivity contribution in [1.29, 1.82) is 0 Å². The Morgan fingerprint density at radius 1 is 0.719 bits per heavy atom. The van der Waals surface area contributed by atoms with Gasteiger partial charge in [-0.05, 0) is 37.1 Å². The standard InChI is InChI=1S/C20H20Cl2N4O6/c21-13-7-9-15(17(11-13)25(29)30)23-19(27)5-3-1-2-4-6-20(28)24-16-10-8-14(22)12-18(16)26(31)32/h7-12H,1-6H2,(H,23,27)(H,24,28). The molecule has 0 radical (unpaired) electrons. The number of hydrogen-bond donors (Lipinski definition) is 2. The van der Waals surface area contributed by atoms with Gasteiger partial charge in [-0.15, -0.1) is 0 Å². The fourth-order valence-electron chi connectivity index (χ4n) is 2.87. The molecule has 12 heteroatoms. The van der Waals surface area contributed by atoms with Crippen LogP contribution in [0.15, 0.2) is 36.4 Å². The largest absolute Gasteiger partial charge is 0.320 e. The molecule has 0 aliphatic heterocycles. The maximum absolute atomic E-state index is 12.0. The number of unbranched alkanes of at least 4 members (excludes halogenated alkanes) is 3. The highest BCUT2D eigenvalue weighted by atomic mass is 35.5. The second-order valence-electron chi connectivity index (χ2n) is 6.85. The fraction of sp³-hybridized carbons (Fsp3) is 0.300. The molecule has 0 fully saturated rings. The van der Waals surface area contributed by atoms with Gasteiger partial charge >= 0.3 is 0 Å². The Bertz CT molecular complexity index is 950. The first-order valence-corrected chi connectivity index (χ1v) is 10.4. The van der Waals surface area contributed by atoms with Crippen LogP contribution < -0.4 is 10.6 Å². The first-order chi connectivity index (χ1) is 15.2. The number of nitro benzene ring substituents is 2. The maximum Gasteiger partial charge on any atom is 0.294 e. The SMILES string of the molecule is O=C(CCCCCCC(=O)Nc1ccc(Cl)cc1[N+](=O)[O-])Nc1ccc(Cl)cc1[N+](=O)[O-]. The topological polar surface area (TPSA) is 144 Å². The van der Waals surface area contributed by atoms with Gasteiger partial charge < -0.3 is 10.6 Å². The van der Waals surface area contributed by atoms with Gasteiger partial charge in [0.25, 0.3) is 11.4 Å². The van der Waals surface area contributed by atoms with Crippen LogP contribution in [0.25, 0.3) is 0 Å². The number of rotatable bonds is 11. The van der Waals surface area contributed by atoms with Crippen molar-refractivity contribution in [3.05, 3.63) is 66.7 Å². The lowest BCUT2D eigenvalue weighted by Gasteiger charge is -2.07. The Morgan fingerprint density at radius 2 is 1.09 bits per heavy atom. The number of carbonyl (C=O) groups is 2. The lowest BCUT2D eigenvalue weighted by molar-refractivity contribution is -0.384. The average molecular weight is 483 g/mol. The van der Waals surface area contributed by atoms with E-state index in [1.807, 2.05) is 0 Å². The molecule has 2 rings (SSSR count). The van der Waals surface area contributed by atoms with E-state index in [0.717, 1.165) is 0 Å². The first-order valence-electron chi connectivity index (χ1n) is 9.65. The van der Waals surface area contributed by atoms with Gasteiger partial charge in [0.05, 0.1) is 9.85 Å². The summed E-state index contributed by atoms with van der Waals surface area (Å²) in [6.07, 6.45) is 2.76. The van der Waals surface area contributed by atoms with Crippen LogP contribution in [0, 0.1) is 20.2 Å². The molecule has 0 saturated carbocycles. The van der Waals surface area contributed by atoms with Gasteiger partial charge in [-0.2, -0.15) is 0 Å². The molecule has 0 spiro atoms. The molecule has 32 heavy (non-hydrogen) atoms. The summed E-state index contributed by atoms with van der Waals surface area (Å²) in [7, 11) is 0. The van der Waals surface area contributed by atoms with Crippen molar-refractivity contribution < 1.29 is 19.4 Å². The summed E-state index contributed by atoms with van der Waals surface area (Å²) < 4.78 is 0. The minimum absolute atomic E-state index is 0.0809. The number of amides is 2. The minimum atomic E-state index is -0.620. The molecule has 0 saturated heterocycles. The highest BCUT2D eigenvalue weighted by Crippen LogP contribution is 2.29. The molecule has 0 bridgehead atoms. The number of carbonyl (C=O) groups excluding carboxylic acids is 2. The van der Waals surface area contributed by atoms with Crippen molar-refractivity contribution in [2.24, 2.45) is 0 Å². The van der Waals surface area contributed by atoms with Gasteiger partial charge in [-0.3, -0.25) is 29.8 Å². The van der Waals surface area contributed by atoms with Gasteiger partial charge in [0.1, 0.15) is 11.4 Å². The second kappa shape index (κ2) is 12.0. The molecule has 0 heterocycles. The predicted octanol–water partition coefficient (Wildman–Crippen LogP) is 5.73. The van der Waals surface area contributed by atoms with Gasteiger partial charge in [-0.1, -0.05) is 36.0 Å². The quantitative estimate of drug-likeness (QED) is 0.237. The average Bonchev–Trinajstić information content (AvgIpc) is 2.72. The zero-order valence-corrected chi connectivity index (χ0v) is 18.3. The smallest absolute Gasteiger partial charge is 0.294 e. The van der Waals surface area contributed by atoms with Crippen molar-refractivity contribution in [2.75, 3.05) is 10.6 Å². The third-order valence-corrected chi connectivity index (χ3v) is 4.89. The number of anilines is 2. The number of nitrogens with one attached hydrogen (secondary N) is 2. The third kappa shape index (κ3) is 7.78. The van der Waals surface area contributed by atoms with Gasteiger partial charge in [0.15, 0.2) is 0 Å². The van der Waals surface area contributed by atoms with E-state index >= 15 is 0 Å². The number of nitro groups is 2. The van der Waals surface area contributed by atoms with E-state index in [1.165, 1.54) is 36.4 Å². The molecular weight excluding hydrogens is 463 g/mol. The summed E-state index contributed by atoms with van der Waals surface area (Å²) >= 11 is 11.5. The van der Waals surface area contributed by atoms with E-state index in [-0.39, 0.29) is 57.5 Å². The van der Waals surface area contributed by atoms with Crippen LogP contribution in [-0.2, 0) is 9.59 Å². The van der Waals surface area contributed by atoms with Crippen LogP contribution in [0.5, 0.6) is 0 Å². The van der Waals surface area contributed by atoms with Crippen molar-refractivity contribution in [3.8, 4) is 0 Å². The molecule has 2 aromatic rings. The lowest BCUT2D eigenvalue weighted by atomic mass is 10.1. The van der Waals surface area contributed by atoms with E-state index in [1.54, 1.807) is 0 Å². The molecule has 0 aromatic heterocycles. The van der Waals surface area contributed by atoms with Crippen LogP contribution in [0.4, 0.5) is 22.7 Å². The molecule has 2 aromatic carbocycles. The van der Waals surface area contributed by atoms with E-state index in [2.05, 4.69) is 10.6 Å². The van der Waals surface area contributed by atoms with Crippen LogP contribution >= 0.6 is 23.2 Å². The minimum Gasteiger partial charge on any atom is -0.320 e. The zero-order chi connectivity index (χ0) is 23.7. The molecule has 170 valence electrons. The van der Waals surface area contributed by atoms with Crippen molar-refractivity contribution in [2.45, 2.75) is 38.5 Å². The van der Waals surface area contributed by atoms with Gasteiger partial charge in [0.2, 0.25) is 11.8 Å². The number of nitrogens with zero attached hydrogens (tertiary/aromatic N) is 2. The number of benzene rings is 2. The Morgan fingerprint density at radius 3 is 1.44 bits per heavy atom. The predicted molar refractivity (Wildman–Crippen MR) is 121 cm³/mol. The molecule has 2 N–H and O–H groups in total. The highest BCUT2D eigenvalue weighted by Gasteiger charge is 2.17. The number of halogens is 2. The summed E-state index contributed by atoms with van der Waals surface area (Å²) in [6.45, 7) is 0. The normalized spacial score (nSPS) is 10.4. The summed E-state index contributed by atoms with van der Waals surface area (Å²) in [5.41, 5.74) is -0.398. The van der Waals surface area contributed by atoms with E-state index in [0.29, 0.717) is 25.7 Å². The molecule has 10 nitrogen and oxygen atoms in total. The fourth-order valence-corrected chi connectivity index (χ4v) is 3.21. The molecule has 0 atom stereocenters. The summed E-state index contributed by atoms with van der Waals surface area (Å²) in [5, 5.41) is 27.5. The summed E-state index contributed by atoms with van der Waals surface area (Å²) in [5.74, 6) is -0.716. The Hall–Kier alpha value is -3.24. The van der Waals surface area contributed by atoms with Gasteiger partial charge in [0, 0.05) is 35.0 Å². The molecule has 0 aliphatic carbocycles. The lowest BCUT2D eigenvalue weighted by Crippen LogP contribution is -2.13. The second-order valence-corrected chi connectivity index (χ2v) is 7.72. The van der Waals surface area contributed by atoms with E-state index in [4.69, 9.17) is 23.2 Å². The molecule has 0 aliphatic rings. The molecule has 2 amide bonds. The summed E-state index contributed by atoms with van der Waals surface area (Å²) in [4.78, 5) is 44.9. The van der Waals surface area contributed by atoms with Crippen LogP contribution in [0.1, 0.15) is 38.5 Å². The van der Waals surface area contributed by atoms with Crippen LogP contribution in [0.2, 0.25) is 10.0 Å². The maximum atomic E-state index is 12.0. The third-order valence-electron chi connectivity index (χ3n) is 4.42. The van der Waals surface area contributed by atoms with Crippen molar-refractivity contribution >= 4 is 57.8 Å². The Labute approximate surface area is 193 Å². The van der Waals surface area contributed by atoms with Gasteiger partial charge in [-0.25, -0.2) is 0 Å². The van der Waals surface area contributed by atoms with Crippen LogP contribution in [-0.4, -0.2) is 21.7 Å². The van der Waals surface area contributed by atoms with Crippen molar-refractivity contribution in [3.63, 3.8) is 0 Å². The zero-order valence-electron chi connectivity index (χ0n) is 16.8. The van der Waals surface area contributed by atoms with E-state index < -0.39 is 9.85 Å². The van der Waals surface area contributed by atoms with Crippen LogP contribution in [0.3, 0.4) is 0 Å². The molecular formula is C20H20Cl2N4O6. The molecule has 0 unspecified atom stereocenters. The monoisotopic (exact) mass is 482 g/mol. The number of hydrogen-bond acceptors (Lipinski definition) is 6. The Kier molecular flexibility index (Phi) is 9.36. The van der Waals surface area contributed by atoms with E-state index in [9.17, 15) is 29.8 Å². The highest BCUT2D eigenvalue weighted by molar-refractivity contribution is 6.31. The first kappa shape index (κ1) is 25.0. The summed E-state index contributed by atoms with van der Waals surface area (Å²) in [6, 6.07) is 7.99. The Balaban J connectivity index is 1.69. The van der Waals surface area contributed by atoms with Crippen molar-refractivity contribution in [1.82, 2.24) is 0 Å².